The SMILES string of the molecule is Cc1ccc(Cl)c2nc(C(=O)O)cc(Cl)c12. The molecule has 0 spiro atoms. The van der Waals surface area contributed by atoms with E-state index in [0.717, 1.165) is 5.56 Å². The van der Waals surface area contributed by atoms with Crippen LogP contribution in [0.25, 0.3) is 10.9 Å². The van der Waals surface area contributed by atoms with Crippen LogP contribution < -0.4 is 0 Å². The van der Waals surface area contributed by atoms with E-state index < -0.39 is 5.97 Å². The number of pyridine rings is 1. The van der Waals surface area contributed by atoms with Crippen molar-refractivity contribution >= 4 is 40.1 Å². The Labute approximate surface area is 102 Å². The lowest BCUT2D eigenvalue weighted by atomic mass is 10.1. The van der Waals surface area contributed by atoms with Gasteiger partial charge >= 0.3 is 5.97 Å². The maximum absolute atomic E-state index is 10.8. The zero-order chi connectivity index (χ0) is 11.9. The third kappa shape index (κ3) is 1.72. The minimum absolute atomic E-state index is 0.106. The van der Waals surface area contributed by atoms with Crippen molar-refractivity contribution in [1.29, 1.82) is 0 Å². The van der Waals surface area contributed by atoms with E-state index >= 15 is 0 Å². The van der Waals surface area contributed by atoms with Gasteiger partial charge in [0.15, 0.2) is 0 Å². The molecule has 5 heteroatoms. The molecule has 0 aliphatic carbocycles. The number of fused-ring (bicyclic) bond motifs is 1. The summed E-state index contributed by atoms with van der Waals surface area (Å²) in [7, 11) is 0. The summed E-state index contributed by atoms with van der Waals surface area (Å²) < 4.78 is 0. The molecule has 1 aromatic carbocycles. The molecule has 16 heavy (non-hydrogen) atoms. The molecule has 0 fully saturated rings. The van der Waals surface area contributed by atoms with Gasteiger partial charge in [-0.3, -0.25) is 0 Å². The lowest BCUT2D eigenvalue weighted by Crippen LogP contribution is -2.01. The standard InChI is InChI=1S/C11H7Cl2NO2/c1-5-2-3-6(12)10-9(5)7(13)4-8(14-10)11(15)16/h2-4H,1H3,(H,15,16). The molecule has 0 saturated heterocycles. The van der Waals surface area contributed by atoms with Crippen molar-refractivity contribution in [3.63, 3.8) is 0 Å². The summed E-state index contributed by atoms with van der Waals surface area (Å²) in [5, 5.41) is 10.3. The molecule has 0 aliphatic rings. The number of rotatable bonds is 1. The van der Waals surface area contributed by atoms with Gasteiger partial charge in [-0.2, -0.15) is 0 Å². The highest BCUT2D eigenvalue weighted by Gasteiger charge is 2.13. The van der Waals surface area contributed by atoms with Crippen LogP contribution in [0, 0.1) is 6.92 Å². The molecule has 0 unspecified atom stereocenters. The predicted molar refractivity (Wildman–Crippen MR) is 63.5 cm³/mol. The summed E-state index contributed by atoms with van der Waals surface area (Å²) in [6.45, 7) is 1.87. The first-order chi connectivity index (χ1) is 7.50. The first-order valence-electron chi connectivity index (χ1n) is 4.49. The number of aromatic nitrogens is 1. The Kier molecular flexibility index (Phi) is 2.74. The number of hydrogen-bond donors (Lipinski definition) is 1. The van der Waals surface area contributed by atoms with Crippen LogP contribution >= 0.6 is 23.2 Å². The Balaban J connectivity index is 2.92. The van der Waals surface area contributed by atoms with Crippen LogP contribution in [-0.4, -0.2) is 16.1 Å². The summed E-state index contributed by atoms with van der Waals surface area (Å²) in [5.41, 5.74) is 1.23. The Morgan fingerprint density at radius 3 is 2.62 bits per heavy atom. The van der Waals surface area contributed by atoms with Gasteiger partial charge in [-0.05, 0) is 24.6 Å². The van der Waals surface area contributed by atoms with E-state index in [1.54, 1.807) is 6.07 Å². The molecule has 0 radical (unpaired) electrons. The van der Waals surface area contributed by atoms with Crippen LogP contribution in [0.1, 0.15) is 16.1 Å². The van der Waals surface area contributed by atoms with Gasteiger partial charge in [-0.15, -0.1) is 0 Å². The molecule has 1 aromatic heterocycles. The Morgan fingerprint density at radius 1 is 1.31 bits per heavy atom. The predicted octanol–water partition coefficient (Wildman–Crippen LogP) is 3.55. The van der Waals surface area contributed by atoms with Gasteiger partial charge in [0.1, 0.15) is 5.69 Å². The van der Waals surface area contributed by atoms with Crippen molar-refractivity contribution < 1.29 is 9.90 Å². The zero-order valence-electron chi connectivity index (χ0n) is 8.29. The molecule has 2 aromatic rings. The van der Waals surface area contributed by atoms with Gasteiger partial charge in [0.2, 0.25) is 0 Å². The average Bonchev–Trinajstić information content (AvgIpc) is 2.22. The Bertz CT molecular complexity index is 596. The van der Waals surface area contributed by atoms with Crippen molar-refractivity contribution in [3.8, 4) is 0 Å². The topological polar surface area (TPSA) is 50.2 Å². The molecule has 0 amide bonds. The van der Waals surface area contributed by atoms with Crippen molar-refractivity contribution in [2.75, 3.05) is 0 Å². The summed E-state index contributed by atoms with van der Waals surface area (Å²) in [4.78, 5) is 14.8. The number of hydrogen-bond acceptors (Lipinski definition) is 2. The summed E-state index contributed by atoms with van der Waals surface area (Å²) in [6.07, 6.45) is 0. The highest BCUT2D eigenvalue weighted by Crippen LogP contribution is 2.31. The zero-order valence-corrected chi connectivity index (χ0v) is 9.80. The molecule has 2 rings (SSSR count). The summed E-state index contributed by atoms with van der Waals surface area (Å²) in [6, 6.07) is 4.82. The maximum atomic E-state index is 10.8. The second kappa shape index (κ2) is 3.92. The number of aryl methyl sites for hydroxylation is 1. The van der Waals surface area contributed by atoms with E-state index in [0.29, 0.717) is 20.9 Å². The molecule has 0 bridgehead atoms. The van der Waals surface area contributed by atoms with Gasteiger partial charge < -0.3 is 5.11 Å². The van der Waals surface area contributed by atoms with Crippen molar-refractivity contribution in [3.05, 3.63) is 39.5 Å². The van der Waals surface area contributed by atoms with Gasteiger partial charge in [0.25, 0.3) is 0 Å². The molecular weight excluding hydrogens is 249 g/mol. The van der Waals surface area contributed by atoms with E-state index in [1.165, 1.54) is 6.07 Å². The fraction of sp³-hybridized carbons (Fsp3) is 0.0909. The second-order valence-electron chi connectivity index (χ2n) is 3.38. The number of carboxylic acids is 1. The Morgan fingerprint density at radius 2 is 2.00 bits per heavy atom. The van der Waals surface area contributed by atoms with Gasteiger partial charge in [0.05, 0.1) is 15.6 Å². The molecule has 1 heterocycles. The minimum Gasteiger partial charge on any atom is -0.477 e. The number of halogens is 2. The number of carboxylic acid groups (broad SMARTS) is 1. The van der Waals surface area contributed by atoms with Crippen molar-refractivity contribution in [2.45, 2.75) is 6.92 Å². The average molecular weight is 256 g/mol. The fourth-order valence-corrected chi connectivity index (χ4v) is 2.07. The lowest BCUT2D eigenvalue weighted by Gasteiger charge is -2.06. The minimum atomic E-state index is -1.12. The van der Waals surface area contributed by atoms with Crippen LogP contribution in [0.15, 0.2) is 18.2 Å². The van der Waals surface area contributed by atoms with Crippen LogP contribution in [0.4, 0.5) is 0 Å². The van der Waals surface area contributed by atoms with E-state index in [4.69, 9.17) is 28.3 Å². The molecule has 0 saturated carbocycles. The molecular formula is C11H7Cl2NO2. The normalized spacial score (nSPS) is 10.7. The largest absolute Gasteiger partial charge is 0.477 e. The first-order valence-corrected chi connectivity index (χ1v) is 5.25. The molecule has 0 atom stereocenters. The van der Waals surface area contributed by atoms with Crippen LogP contribution in [0.2, 0.25) is 10.0 Å². The van der Waals surface area contributed by atoms with Crippen molar-refractivity contribution in [1.82, 2.24) is 4.98 Å². The van der Waals surface area contributed by atoms with Crippen LogP contribution in [-0.2, 0) is 0 Å². The molecule has 1 N–H and O–H groups in total. The highest BCUT2D eigenvalue weighted by molar-refractivity contribution is 6.39. The van der Waals surface area contributed by atoms with Gasteiger partial charge in [-0.1, -0.05) is 29.3 Å². The van der Waals surface area contributed by atoms with E-state index in [9.17, 15) is 4.79 Å². The quantitative estimate of drug-likeness (QED) is 0.848. The monoisotopic (exact) mass is 255 g/mol. The lowest BCUT2D eigenvalue weighted by molar-refractivity contribution is 0.0691. The maximum Gasteiger partial charge on any atom is 0.354 e. The third-order valence-corrected chi connectivity index (χ3v) is 2.89. The van der Waals surface area contributed by atoms with Crippen LogP contribution in [0.5, 0.6) is 0 Å². The first kappa shape index (κ1) is 11.2. The number of aromatic carboxylic acids is 1. The number of nitrogens with zero attached hydrogens (tertiary/aromatic N) is 1. The van der Waals surface area contributed by atoms with Crippen LogP contribution in [0.3, 0.4) is 0 Å². The van der Waals surface area contributed by atoms with E-state index in [2.05, 4.69) is 4.98 Å². The highest BCUT2D eigenvalue weighted by atomic mass is 35.5. The number of benzene rings is 1. The van der Waals surface area contributed by atoms with Gasteiger partial charge in [0, 0.05) is 5.39 Å². The van der Waals surface area contributed by atoms with Gasteiger partial charge in [-0.25, -0.2) is 9.78 Å². The Hall–Kier alpha value is -1.32. The third-order valence-electron chi connectivity index (χ3n) is 2.29. The summed E-state index contributed by atoms with van der Waals surface area (Å²) >= 11 is 12.0. The fourth-order valence-electron chi connectivity index (χ4n) is 1.53. The molecule has 0 aliphatic heterocycles. The smallest absolute Gasteiger partial charge is 0.354 e. The molecule has 82 valence electrons. The van der Waals surface area contributed by atoms with E-state index in [-0.39, 0.29) is 5.69 Å². The van der Waals surface area contributed by atoms with Crippen molar-refractivity contribution in [2.24, 2.45) is 0 Å². The number of carbonyl (C=O) groups is 1. The second-order valence-corrected chi connectivity index (χ2v) is 4.20. The summed E-state index contributed by atoms with van der Waals surface area (Å²) in [5.74, 6) is -1.12. The van der Waals surface area contributed by atoms with E-state index in [1.807, 2.05) is 13.0 Å². The molecule has 3 nitrogen and oxygen atoms in total.